The monoisotopic (exact) mass is 486 g/mol. The standard InChI is InChI=1S/C22H25Cl3N2O2S/c1-14(2)26-22(29)15(3)27(13-16-4-9-19(24)20(25)12-16)21(28)10-11-30-18-7-5-17(23)6-8-18/h4-9,12,14-15H,10-11,13H2,1-3H3,(H,26,29)/t15-/m1/s1. The van der Waals surface area contributed by atoms with Crippen LogP contribution in [-0.4, -0.2) is 34.6 Å². The van der Waals surface area contributed by atoms with E-state index in [1.54, 1.807) is 35.7 Å². The zero-order valence-corrected chi connectivity index (χ0v) is 20.2. The van der Waals surface area contributed by atoms with Crippen LogP contribution in [0.1, 0.15) is 32.8 Å². The third-order valence-corrected chi connectivity index (χ3v) is 6.34. The molecule has 0 fully saturated rings. The minimum atomic E-state index is -0.616. The summed E-state index contributed by atoms with van der Waals surface area (Å²) in [7, 11) is 0. The van der Waals surface area contributed by atoms with Crippen molar-refractivity contribution in [2.45, 2.75) is 50.7 Å². The van der Waals surface area contributed by atoms with Crippen molar-refractivity contribution in [2.75, 3.05) is 5.75 Å². The van der Waals surface area contributed by atoms with E-state index in [1.165, 1.54) is 0 Å². The summed E-state index contributed by atoms with van der Waals surface area (Å²) in [5, 5.41) is 4.41. The maximum Gasteiger partial charge on any atom is 0.242 e. The second-order valence-electron chi connectivity index (χ2n) is 7.16. The summed E-state index contributed by atoms with van der Waals surface area (Å²) in [4.78, 5) is 28.2. The number of benzene rings is 2. The maximum atomic E-state index is 13.0. The first kappa shape index (κ1) is 24.9. The number of rotatable bonds is 9. The van der Waals surface area contributed by atoms with E-state index in [0.29, 0.717) is 27.2 Å². The molecule has 1 N–H and O–H groups in total. The Labute approximate surface area is 197 Å². The molecule has 4 nitrogen and oxygen atoms in total. The van der Waals surface area contributed by atoms with Gasteiger partial charge in [-0.15, -0.1) is 11.8 Å². The molecule has 0 aliphatic rings. The molecule has 30 heavy (non-hydrogen) atoms. The van der Waals surface area contributed by atoms with Crippen LogP contribution in [0.25, 0.3) is 0 Å². The molecule has 162 valence electrons. The van der Waals surface area contributed by atoms with Gasteiger partial charge in [0.2, 0.25) is 11.8 Å². The van der Waals surface area contributed by atoms with Crippen LogP contribution in [-0.2, 0) is 16.1 Å². The van der Waals surface area contributed by atoms with Crippen LogP contribution in [0.2, 0.25) is 15.1 Å². The molecule has 0 bridgehead atoms. The number of carbonyl (C=O) groups excluding carboxylic acids is 2. The van der Waals surface area contributed by atoms with E-state index in [9.17, 15) is 9.59 Å². The average Bonchev–Trinajstić information content (AvgIpc) is 2.69. The molecule has 2 aromatic rings. The van der Waals surface area contributed by atoms with Crippen LogP contribution in [0.4, 0.5) is 0 Å². The van der Waals surface area contributed by atoms with Crippen LogP contribution >= 0.6 is 46.6 Å². The van der Waals surface area contributed by atoms with Crippen molar-refractivity contribution < 1.29 is 9.59 Å². The summed E-state index contributed by atoms with van der Waals surface area (Å²) < 4.78 is 0. The molecule has 0 aliphatic heterocycles. The second kappa shape index (κ2) is 11.8. The van der Waals surface area contributed by atoms with Gasteiger partial charge in [0.25, 0.3) is 0 Å². The molecule has 0 radical (unpaired) electrons. The normalized spacial score (nSPS) is 12.0. The molecule has 8 heteroatoms. The quantitative estimate of drug-likeness (QED) is 0.437. The van der Waals surface area contributed by atoms with Gasteiger partial charge in [-0.1, -0.05) is 40.9 Å². The zero-order chi connectivity index (χ0) is 22.3. The van der Waals surface area contributed by atoms with E-state index in [1.807, 2.05) is 44.2 Å². The van der Waals surface area contributed by atoms with Crippen molar-refractivity contribution >= 4 is 58.4 Å². The number of hydrogen-bond donors (Lipinski definition) is 1. The zero-order valence-electron chi connectivity index (χ0n) is 17.1. The van der Waals surface area contributed by atoms with Crippen LogP contribution in [0, 0.1) is 0 Å². The molecule has 0 spiro atoms. The van der Waals surface area contributed by atoms with Crippen molar-refractivity contribution in [3.8, 4) is 0 Å². The Bertz CT molecular complexity index is 875. The molecule has 0 aromatic heterocycles. The predicted octanol–water partition coefficient (Wildman–Crippen LogP) is 6.07. The van der Waals surface area contributed by atoms with Gasteiger partial charge in [-0.3, -0.25) is 9.59 Å². The molecular weight excluding hydrogens is 463 g/mol. The molecule has 0 saturated heterocycles. The summed E-state index contributed by atoms with van der Waals surface area (Å²) >= 11 is 19.6. The molecule has 0 saturated carbocycles. The van der Waals surface area contributed by atoms with E-state index in [4.69, 9.17) is 34.8 Å². The van der Waals surface area contributed by atoms with E-state index < -0.39 is 6.04 Å². The molecule has 2 rings (SSSR count). The summed E-state index contributed by atoms with van der Waals surface area (Å²) in [6.07, 6.45) is 0.300. The van der Waals surface area contributed by atoms with E-state index in [0.717, 1.165) is 10.5 Å². The van der Waals surface area contributed by atoms with Crippen LogP contribution in [0.15, 0.2) is 47.4 Å². The van der Waals surface area contributed by atoms with E-state index in [-0.39, 0.29) is 24.4 Å². The Kier molecular flexibility index (Phi) is 9.82. The highest BCUT2D eigenvalue weighted by Crippen LogP contribution is 2.25. The lowest BCUT2D eigenvalue weighted by Crippen LogP contribution is -2.49. The summed E-state index contributed by atoms with van der Waals surface area (Å²) in [5.41, 5.74) is 0.812. The third kappa shape index (κ3) is 7.69. The van der Waals surface area contributed by atoms with Gasteiger partial charge in [-0.25, -0.2) is 0 Å². The second-order valence-corrected chi connectivity index (χ2v) is 9.58. The number of amides is 2. The topological polar surface area (TPSA) is 49.4 Å². The number of hydrogen-bond acceptors (Lipinski definition) is 3. The van der Waals surface area contributed by atoms with E-state index >= 15 is 0 Å². The van der Waals surface area contributed by atoms with Gasteiger partial charge in [0.05, 0.1) is 10.0 Å². The Morgan fingerprint density at radius 2 is 1.67 bits per heavy atom. The summed E-state index contributed by atoms with van der Waals surface area (Å²) in [6, 6.07) is 12.1. The highest BCUT2D eigenvalue weighted by atomic mass is 35.5. The number of carbonyl (C=O) groups is 2. The smallest absolute Gasteiger partial charge is 0.242 e. The van der Waals surface area contributed by atoms with E-state index in [2.05, 4.69) is 5.32 Å². The fourth-order valence-electron chi connectivity index (χ4n) is 2.75. The Morgan fingerprint density at radius 3 is 2.27 bits per heavy atom. The van der Waals surface area contributed by atoms with Crippen molar-refractivity contribution in [1.82, 2.24) is 10.2 Å². The fourth-order valence-corrected chi connectivity index (χ4v) is 4.04. The lowest BCUT2D eigenvalue weighted by molar-refractivity contribution is -0.140. The minimum absolute atomic E-state index is 0.0117. The SMILES string of the molecule is CC(C)NC(=O)[C@@H](C)N(Cc1ccc(Cl)c(Cl)c1)C(=O)CCSc1ccc(Cl)cc1. The summed E-state index contributed by atoms with van der Waals surface area (Å²) in [5.74, 6) is 0.300. The first-order valence-electron chi connectivity index (χ1n) is 9.59. The molecule has 0 aliphatic carbocycles. The molecule has 2 aromatic carbocycles. The molecule has 0 heterocycles. The highest BCUT2D eigenvalue weighted by Gasteiger charge is 2.26. The highest BCUT2D eigenvalue weighted by molar-refractivity contribution is 7.99. The van der Waals surface area contributed by atoms with Crippen molar-refractivity contribution in [1.29, 1.82) is 0 Å². The predicted molar refractivity (Wildman–Crippen MR) is 127 cm³/mol. The fraction of sp³-hybridized carbons (Fsp3) is 0.364. The number of nitrogens with zero attached hydrogens (tertiary/aromatic N) is 1. The Hall–Kier alpha value is -1.40. The van der Waals surface area contributed by atoms with Crippen molar-refractivity contribution in [2.24, 2.45) is 0 Å². The maximum absolute atomic E-state index is 13.0. The van der Waals surface area contributed by atoms with Crippen molar-refractivity contribution in [3.63, 3.8) is 0 Å². The molecular formula is C22H25Cl3N2O2S. The van der Waals surface area contributed by atoms with Crippen LogP contribution in [0.5, 0.6) is 0 Å². The number of nitrogens with one attached hydrogen (secondary N) is 1. The van der Waals surface area contributed by atoms with Gasteiger partial charge in [0.1, 0.15) is 6.04 Å². The van der Waals surface area contributed by atoms with Gasteiger partial charge in [-0.05, 0) is 62.7 Å². The molecule has 1 atom stereocenters. The average molecular weight is 488 g/mol. The molecule has 0 unspecified atom stereocenters. The summed E-state index contributed by atoms with van der Waals surface area (Å²) in [6.45, 7) is 5.78. The number of thioether (sulfide) groups is 1. The third-order valence-electron chi connectivity index (χ3n) is 4.33. The first-order chi connectivity index (χ1) is 14.2. The van der Waals surface area contributed by atoms with Gasteiger partial charge in [-0.2, -0.15) is 0 Å². The van der Waals surface area contributed by atoms with Gasteiger partial charge in [0.15, 0.2) is 0 Å². The molecule has 2 amide bonds. The first-order valence-corrected chi connectivity index (χ1v) is 11.7. The van der Waals surface area contributed by atoms with Gasteiger partial charge >= 0.3 is 0 Å². The lowest BCUT2D eigenvalue weighted by atomic mass is 10.1. The van der Waals surface area contributed by atoms with Gasteiger partial charge in [0, 0.05) is 34.7 Å². The lowest BCUT2D eigenvalue weighted by Gasteiger charge is -2.29. The number of halogens is 3. The Morgan fingerprint density at radius 1 is 1.00 bits per heavy atom. The van der Waals surface area contributed by atoms with Crippen LogP contribution < -0.4 is 5.32 Å². The van der Waals surface area contributed by atoms with Gasteiger partial charge < -0.3 is 10.2 Å². The minimum Gasteiger partial charge on any atom is -0.352 e. The van der Waals surface area contributed by atoms with Crippen molar-refractivity contribution in [3.05, 3.63) is 63.1 Å². The Balaban J connectivity index is 2.09. The van der Waals surface area contributed by atoms with Crippen LogP contribution in [0.3, 0.4) is 0 Å². The largest absolute Gasteiger partial charge is 0.352 e.